The van der Waals surface area contributed by atoms with Crippen molar-refractivity contribution in [1.29, 1.82) is 0 Å². The number of hydrogen-bond acceptors (Lipinski definition) is 2. The van der Waals surface area contributed by atoms with E-state index >= 15 is 0 Å². The van der Waals surface area contributed by atoms with Crippen LogP contribution in [0.2, 0.25) is 0 Å². The SMILES string of the molecule is CCOc1ccc(NC(=O)C(CC)CC)cc1. The van der Waals surface area contributed by atoms with Gasteiger partial charge in [-0.15, -0.1) is 0 Å². The van der Waals surface area contributed by atoms with Crippen LogP contribution in [0.4, 0.5) is 5.69 Å². The first-order valence-corrected chi connectivity index (χ1v) is 6.24. The summed E-state index contributed by atoms with van der Waals surface area (Å²) < 4.78 is 5.34. The topological polar surface area (TPSA) is 38.3 Å². The van der Waals surface area contributed by atoms with Gasteiger partial charge in [-0.3, -0.25) is 4.79 Å². The molecule has 1 rings (SSSR count). The highest BCUT2D eigenvalue weighted by molar-refractivity contribution is 5.92. The van der Waals surface area contributed by atoms with E-state index in [1.165, 1.54) is 0 Å². The molecule has 0 heterocycles. The van der Waals surface area contributed by atoms with Gasteiger partial charge in [-0.25, -0.2) is 0 Å². The number of rotatable bonds is 6. The lowest BCUT2D eigenvalue weighted by Crippen LogP contribution is -2.21. The van der Waals surface area contributed by atoms with Crippen molar-refractivity contribution < 1.29 is 9.53 Å². The molecule has 0 aromatic heterocycles. The fourth-order valence-corrected chi connectivity index (χ4v) is 1.70. The van der Waals surface area contributed by atoms with Gasteiger partial charge in [0, 0.05) is 11.6 Å². The first kappa shape index (κ1) is 13.6. The molecule has 0 atom stereocenters. The maximum atomic E-state index is 11.8. The number of carbonyl (C=O) groups is 1. The molecule has 0 aliphatic carbocycles. The van der Waals surface area contributed by atoms with E-state index in [2.05, 4.69) is 5.32 Å². The number of amides is 1. The van der Waals surface area contributed by atoms with Crippen molar-refractivity contribution in [2.75, 3.05) is 11.9 Å². The Morgan fingerprint density at radius 3 is 2.24 bits per heavy atom. The van der Waals surface area contributed by atoms with Crippen LogP contribution in [-0.2, 0) is 4.79 Å². The predicted octanol–water partition coefficient (Wildman–Crippen LogP) is 3.46. The first-order chi connectivity index (χ1) is 8.21. The van der Waals surface area contributed by atoms with Crippen molar-refractivity contribution in [2.45, 2.75) is 33.6 Å². The molecule has 0 saturated heterocycles. The second-order valence-corrected chi connectivity index (χ2v) is 3.96. The summed E-state index contributed by atoms with van der Waals surface area (Å²) in [6.45, 7) is 6.67. The highest BCUT2D eigenvalue weighted by atomic mass is 16.5. The molecule has 0 aliphatic rings. The molecule has 3 heteroatoms. The van der Waals surface area contributed by atoms with Gasteiger partial charge in [0.1, 0.15) is 5.75 Å². The quantitative estimate of drug-likeness (QED) is 0.820. The van der Waals surface area contributed by atoms with Crippen LogP contribution in [0.15, 0.2) is 24.3 Å². The lowest BCUT2D eigenvalue weighted by molar-refractivity contribution is -0.120. The van der Waals surface area contributed by atoms with E-state index in [1.54, 1.807) is 0 Å². The van der Waals surface area contributed by atoms with Crippen LogP contribution >= 0.6 is 0 Å². The zero-order valence-corrected chi connectivity index (χ0v) is 10.8. The smallest absolute Gasteiger partial charge is 0.227 e. The van der Waals surface area contributed by atoms with Gasteiger partial charge in [-0.05, 0) is 44.0 Å². The van der Waals surface area contributed by atoms with Crippen molar-refractivity contribution in [3.05, 3.63) is 24.3 Å². The minimum atomic E-state index is 0.0964. The Labute approximate surface area is 103 Å². The number of hydrogen-bond donors (Lipinski definition) is 1. The Kier molecular flexibility index (Phi) is 5.53. The Hall–Kier alpha value is -1.51. The molecule has 0 spiro atoms. The van der Waals surface area contributed by atoms with Crippen molar-refractivity contribution >= 4 is 11.6 Å². The summed E-state index contributed by atoms with van der Waals surface area (Å²) >= 11 is 0. The van der Waals surface area contributed by atoms with Gasteiger partial charge < -0.3 is 10.1 Å². The Morgan fingerprint density at radius 2 is 1.76 bits per heavy atom. The van der Waals surface area contributed by atoms with Crippen LogP contribution in [0.1, 0.15) is 33.6 Å². The minimum Gasteiger partial charge on any atom is -0.494 e. The van der Waals surface area contributed by atoms with Crippen molar-refractivity contribution in [2.24, 2.45) is 5.92 Å². The third-order valence-corrected chi connectivity index (χ3v) is 2.79. The summed E-state index contributed by atoms with van der Waals surface area (Å²) in [7, 11) is 0. The summed E-state index contributed by atoms with van der Waals surface area (Å²) in [4.78, 5) is 11.8. The predicted molar refractivity (Wildman–Crippen MR) is 70.3 cm³/mol. The van der Waals surface area contributed by atoms with Crippen LogP contribution in [0, 0.1) is 5.92 Å². The molecule has 1 N–H and O–H groups in total. The molecular formula is C14H21NO2. The third kappa shape index (κ3) is 4.10. The molecule has 3 nitrogen and oxygen atoms in total. The lowest BCUT2D eigenvalue weighted by atomic mass is 10.0. The van der Waals surface area contributed by atoms with Crippen LogP contribution in [-0.4, -0.2) is 12.5 Å². The van der Waals surface area contributed by atoms with E-state index in [4.69, 9.17) is 4.74 Å². The molecule has 17 heavy (non-hydrogen) atoms. The molecule has 0 saturated carbocycles. The number of nitrogens with one attached hydrogen (secondary N) is 1. The van der Waals surface area contributed by atoms with Gasteiger partial charge in [-0.1, -0.05) is 13.8 Å². The number of benzene rings is 1. The maximum Gasteiger partial charge on any atom is 0.227 e. The largest absolute Gasteiger partial charge is 0.494 e. The van der Waals surface area contributed by atoms with Crippen LogP contribution in [0.5, 0.6) is 5.75 Å². The Balaban J connectivity index is 2.59. The van der Waals surface area contributed by atoms with Gasteiger partial charge in [0.15, 0.2) is 0 Å². The van der Waals surface area contributed by atoms with Gasteiger partial charge >= 0.3 is 0 Å². The average Bonchev–Trinajstić information content (AvgIpc) is 2.33. The van der Waals surface area contributed by atoms with Crippen LogP contribution in [0.25, 0.3) is 0 Å². The fourth-order valence-electron chi connectivity index (χ4n) is 1.70. The van der Waals surface area contributed by atoms with Gasteiger partial charge in [0.25, 0.3) is 0 Å². The van der Waals surface area contributed by atoms with Crippen molar-refractivity contribution in [3.63, 3.8) is 0 Å². The summed E-state index contributed by atoms with van der Waals surface area (Å²) in [6.07, 6.45) is 1.75. The van der Waals surface area contributed by atoms with Crippen molar-refractivity contribution in [3.8, 4) is 5.75 Å². The van der Waals surface area contributed by atoms with E-state index in [9.17, 15) is 4.79 Å². The van der Waals surface area contributed by atoms with Crippen LogP contribution < -0.4 is 10.1 Å². The Morgan fingerprint density at radius 1 is 1.18 bits per heavy atom. The maximum absolute atomic E-state index is 11.8. The summed E-state index contributed by atoms with van der Waals surface area (Å²) in [5, 5.41) is 2.92. The zero-order chi connectivity index (χ0) is 12.7. The molecule has 1 aromatic rings. The molecular weight excluding hydrogens is 214 g/mol. The second-order valence-electron chi connectivity index (χ2n) is 3.96. The third-order valence-electron chi connectivity index (χ3n) is 2.79. The minimum absolute atomic E-state index is 0.0964. The standard InChI is InChI=1S/C14H21NO2/c1-4-11(5-2)14(16)15-12-7-9-13(10-8-12)17-6-3/h7-11H,4-6H2,1-3H3,(H,15,16). The summed E-state index contributed by atoms with van der Waals surface area (Å²) in [6, 6.07) is 7.47. The number of ether oxygens (including phenoxy) is 1. The van der Waals surface area contributed by atoms with E-state index in [0.29, 0.717) is 6.61 Å². The molecule has 0 unspecified atom stereocenters. The van der Waals surface area contributed by atoms with E-state index in [0.717, 1.165) is 24.3 Å². The average molecular weight is 235 g/mol. The second kappa shape index (κ2) is 6.94. The molecule has 0 radical (unpaired) electrons. The van der Waals surface area contributed by atoms with Crippen molar-refractivity contribution in [1.82, 2.24) is 0 Å². The number of anilines is 1. The lowest BCUT2D eigenvalue weighted by Gasteiger charge is -2.13. The zero-order valence-electron chi connectivity index (χ0n) is 10.8. The molecule has 1 aromatic carbocycles. The molecule has 0 aliphatic heterocycles. The van der Waals surface area contributed by atoms with Gasteiger partial charge in [-0.2, -0.15) is 0 Å². The highest BCUT2D eigenvalue weighted by Crippen LogP contribution is 2.17. The van der Waals surface area contributed by atoms with Gasteiger partial charge in [0.05, 0.1) is 6.61 Å². The normalized spacial score (nSPS) is 10.4. The molecule has 1 amide bonds. The molecule has 94 valence electrons. The summed E-state index contributed by atoms with van der Waals surface area (Å²) in [5.74, 6) is 1.02. The monoisotopic (exact) mass is 235 g/mol. The number of carbonyl (C=O) groups excluding carboxylic acids is 1. The van der Waals surface area contributed by atoms with E-state index in [1.807, 2.05) is 45.0 Å². The fraction of sp³-hybridized carbons (Fsp3) is 0.500. The molecule has 0 bridgehead atoms. The van der Waals surface area contributed by atoms with Crippen LogP contribution in [0.3, 0.4) is 0 Å². The highest BCUT2D eigenvalue weighted by Gasteiger charge is 2.13. The van der Waals surface area contributed by atoms with E-state index in [-0.39, 0.29) is 11.8 Å². The Bertz CT molecular complexity index is 342. The molecule has 0 fully saturated rings. The first-order valence-electron chi connectivity index (χ1n) is 6.24. The van der Waals surface area contributed by atoms with E-state index < -0.39 is 0 Å². The van der Waals surface area contributed by atoms with Gasteiger partial charge in [0.2, 0.25) is 5.91 Å². The summed E-state index contributed by atoms with van der Waals surface area (Å²) in [5.41, 5.74) is 0.824.